The second-order valence-electron chi connectivity index (χ2n) is 8.46. The van der Waals surface area contributed by atoms with Gasteiger partial charge in [0.05, 0.1) is 6.61 Å². The summed E-state index contributed by atoms with van der Waals surface area (Å²) < 4.78 is 79.1. The molecule has 10 heteroatoms. The van der Waals surface area contributed by atoms with Crippen molar-refractivity contribution in [3.05, 3.63) is 29.1 Å². The molecule has 0 aliphatic heterocycles. The maximum atomic E-state index is 13.5. The van der Waals surface area contributed by atoms with Crippen molar-refractivity contribution in [2.45, 2.75) is 98.6 Å². The van der Waals surface area contributed by atoms with Gasteiger partial charge >= 0.3 is 5.97 Å². The molecule has 0 saturated heterocycles. The minimum absolute atomic E-state index is 0. The molecule has 198 valence electrons. The van der Waals surface area contributed by atoms with Gasteiger partial charge in [-0.25, -0.2) is 13.2 Å². The molecule has 4 nitrogen and oxygen atoms in total. The third-order valence-corrected chi connectivity index (χ3v) is 7.20. The van der Waals surface area contributed by atoms with Gasteiger partial charge in [0, 0.05) is 18.5 Å². The second-order valence-corrected chi connectivity index (χ2v) is 10.1. The number of unbranched alkanes of at least 4 members (excludes halogenated alkanes) is 6. The van der Waals surface area contributed by atoms with Crippen LogP contribution in [0.15, 0.2) is 0 Å². The van der Waals surface area contributed by atoms with Crippen molar-refractivity contribution in [1.29, 1.82) is 0 Å². The second kappa shape index (κ2) is 16.4. The lowest BCUT2D eigenvalue weighted by Gasteiger charge is -2.35. The predicted octanol–water partition coefficient (Wildman–Crippen LogP) is 8.12. The molecular weight excluding hydrogens is 476 g/mol. The lowest BCUT2D eigenvalue weighted by atomic mass is 10.1. The van der Waals surface area contributed by atoms with Gasteiger partial charge in [-0.3, -0.25) is 9.46 Å². The minimum Gasteiger partial charge on any atom is -0.420 e. The Hall–Kier alpha value is -1.31. The number of ether oxygens (including phenoxy) is 1. The van der Waals surface area contributed by atoms with Crippen molar-refractivity contribution >= 4 is 14.3 Å². The van der Waals surface area contributed by atoms with Crippen LogP contribution in [0.2, 0.25) is 0 Å². The normalized spacial score (nSPS) is 12.4. The van der Waals surface area contributed by atoms with Crippen LogP contribution in [0.1, 0.15) is 86.5 Å². The first-order valence-corrected chi connectivity index (χ1v) is 13.0. The van der Waals surface area contributed by atoms with Gasteiger partial charge in [0.15, 0.2) is 0 Å². The highest BCUT2D eigenvalue weighted by Gasteiger charge is 2.28. The Labute approximate surface area is 202 Å². The number of hydrogen-bond acceptors (Lipinski definition) is 4. The number of nitrogens with zero attached hydrogens (tertiary/aromatic N) is 1. The fourth-order valence-electron chi connectivity index (χ4n) is 3.60. The third kappa shape index (κ3) is 10.1. The highest BCUT2D eigenvalue weighted by molar-refractivity contribution is 7.49. The first-order valence-electron chi connectivity index (χ1n) is 11.4. The molecule has 0 saturated carbocycles. The van der Waals surface area contributed by atoms with Gasteiger partial charge in [-0.15, -0.1) is 0 Å². The third-order valence-electron chi connectivity index (χ3n) is 5.07. The van der Waals surface area contributed by atoms with E-state index in [1.54, 1.807) is 0 Å². The van der Waals surface area contributed by atoms with E-state index in [-0.39, 0.29) is 13.8 Å². The average Bonchev–Trinajstić information content (AvgIpc) is 2.74. The van der Waals surface area contributed by atoms with Crippen molar-refractivity contribution in [2.75, 3.05) is 13.3 Å². The van der Waals surface area contributed by atoms with Crippen LogP contribution in [0, 0.1) is 29.1 Å². The Morgan fingerprint density at radius 1 is 0.765 bits per heavy atom. The first kappa shape index (κ1) is 32.7. The van der Waals surface area contributed by atoms with E-state index in [0.29, 0.717) is 24.9 Å². The summed E-state index contributed by atoms with van der Waals surface area (Å²) in [4.78, 5) is 11.7. The Morgan fingerprint density at radius 2 is 1.18 bits per heavy atom. The average molecular weight is 516 g/mol. The van der Waals surface area contributed by atoms with Crippen LogP contribution in [0.4, 0.5) is 22.0 Å². The van der Waals surface area contributed by atoms with Crippen molar-refractivity contribution < 1.29 is 36.0 Å². The van der Waals surface area contributed by atoms with Gasteiger partial charge in [0.2, 0.25) is 34.8 Å². The quantitative estimate of drug-likeness (QED) is 0.0450. The zero-order valence-corrected chi connectivity index (χ0v) is 20.9. The SMILES string of the molecule is C.CC(C)N(C(C)C)P(C)OCCCCCCCCCC(=O)Oc1c(F)c(F)c(F)c(F)c1F. The van der Waals surface area contributed by atoms with Crippen LogP contribution in [0.3, 0.4) is 0 Å². The van der Waals surface area contributed by atoms with Crippen LogP contribution in [0.5, 0.6) is 5.75 Å². The monoisotopic (exact) mass is 515 g/mol. The summed E-state index contributed by atoms with van der Waals surface area (Å²) in [6.45, 7) is 11.5. The minimum atomic E-state index is -2.29. The number of carbonyl (C=O) groups excluding carboxylic acids is 1. The predicted molar refractivity (Wildman–Crippen MR) is 126 cm³/mol. The molecule has 0 bridgehead atoms. The number of rotatable bonds is 15. The molecular formula is C24H39F5NO3P. The molecule has 34 heavy (non-hydrogen) atoms. The molecule has 1 atom stereocenters. The molecule has 1 unspecified atom stereocenters. The summed E-state index contributed by atoms with van der Waals surface area (Å²) in [5, 5.41) is 0. The van der Waals surface area contributed by atoms with Crippen LogP contribution in [0.25, 0.3) is 0 Å². The largest absolute Gasteiger partial charge is 0.420 e. The van der Waals surface area contributed by atoms with Gasteiger partial charge in [0.1, 0.15) is 8.30 Å². The van der Waals surface area contributed by atoms with E-state index < -0.39 is 49.1 Å². The molecule has 0 amide bonds. The summed E-state index contributed by atoms with van der Waals surface area (Å²) in [5.74, 6) is -13.5. The van der Waals surface area contributed by atoms with Crippen LogP contribution >= 0.6 is 8.30 Å². The van der Waals surface area contributed by atoms with Gasteiger partial charge in [-0.1, -0.05) is 39.5 Å². The summed E-state index contributed by atoms with van der Waals surface area (Å²) in [5.41, 5.74) is 0. The maximum Gasteiger partial charge on any atom is 0.311 e. The molecule has 0 heterocycles. The molecule has 1 rings (SSSR count). The number of carbonyl (C=O) groups is 1. The highest BCUT2D eigenvalue weighted by atomic mass is 31.2. The topological polar surface area (TPSA) is 38.8 Å². The lowest BCUT2D eigenvalue weighted by Crippen LogP contribution is -2.32. The Balaban J connectivity index is 0.0000109. The van der Waals surface area contributed by atoms with E-state index in [9.17, 15) is 26.7 Å². The van der Waals surface area contributed by atoms with Crippen molar-refractivity contribution in [2.24, 2.45) is 0 Å². The van der Waals surface area contributed by atoms with Crippen molar-refractivity contribution in [1.82, 2.24) is 4.67 Å². The number of benzene rings is 1. The van der Waals surface area contributed by atoms with E-state index in [1.807, 2.05) is 0 Å². The highest BCUT2D eigenvalue weighted by Crippen LogP contribution is 2.41. The number of halogens is 5. The van der Waals surface area contributed by atoms with Crippen LogP contribution < -0.4 is 4.74 Å². The summed E-state index contributed by atoms with van der Waals surface area (Å²) in [6, 6.07) is 0.879. The Kier molecular flexibility index (Phi) is 15.7. The van der Waals surface area contributed by atoms with E-state index >= 15 is 0 Å². The smallest absolute Gasteiger partial charge is 0.311 e. The summed E-state index contributed by atoms with van der Waals surface area (Å²) in [6.07, 6.45) is 5.80. The van der Waals surface area contributed by atoms with E-state index in [0.717, 1.165) is 38.7 Å². The fraction of sp³-hybridized carbons (Fsp3) is 0.708. The summed E-state index contributed by atoms with van der Waals surface area (Å²) in [7, 11) is -0.608. The molecule has 0 aliphatic carbocycles. The molecule has 0 aliphatic rings. The molecule has 1 aromatic carbocycles. The van der Waals surface area contributed by atoms with Crippen molar-refractivity contribution in [3.8, 4) is 5.75 Å². The molecule has 0 N–H and O–H groups in total. The van der Waals surface area contributed by atoms with E-state index in [4.69, 9.17) is 4.52 Å². The van der Waals surface area contributed by atoms with Crippen LogP contribution in [-0.4, -0.2) is 36.0 Å². The number of hydrogen-bond donors (Lipinski definition) is 0. The molecule has 1 aromatic rings. The molecule has 0 radical (unpaired) electrons. The van der Waals surface area contributed by atoms with Gasteiger partial charge in [0.25, 0.3) is 0 Å². The molecule has 0 fully saturated rings. The molecule has 0 spiro atoms. The van der Waals surface area contributed by atoms with Gasteiger partial charge in [-0.2, -0.15) is 8.78 Å². The zero-order chi connectivity index (χ0) is 25.1. The van der Waals surface area contributed by atoms with Crippen molar-refractivity contribution in [3.63, 3.8) is 0 Å². The molecule has 0 aromatic heterocycles. The standard InChI is InChI=1S/C23H35F5NO3P.CH4/c1-15(2)29(16(3)4)33(5)31-14-12-10-8-6-7-9-11-13-17(30)32-23-21(27)19(25)18(24)20(26)22(23)28;/h15-16H,6-14H2,1-5H3;1H4. The van der Waals surface area contributed by atoms with Gasteiger partial charge in [-0.05, 0) is 47.2 Å². The van der Waals surface area contributed by atoms with Gasteiger partial charge < -0.3 is 9.26 Å². The van der Waals surface area contributed by atoms with E-state index in [2.05, 4.69) is 43.8 Å². The lowest BCUT2D eigenvalue weighted by molar-refractivity contribution is -0.135. The van der Waals surface area contributed by atoms with E-state index in [1.165, 1.54) is 0 Å². The first-order chi connectivity index (χ1) is 15.5. The zero-order valence-electron chi connectivity index (χ0n) is 20.0. The Bertz CT molecular complexity index is 728. The summed E-state index contributed by atoms with van der Waals surface area (Å²) >= 11 is 0. The fourth-order valence-corrected chi connectivity index (χ4v) is 5.43. The van der Waals surface area contributed by atoms with Crippen LogP contribution in [-0.2, 0) is 9.32 Å². The Morgan fingerprint density at radius 3 is 1.65 bits per heavy atom. The number of esters is 1. The maximum absolute atomic E-state index is 13.5.